The van der Waals surface area contributed by atoms with Crippen molar-refractivity contribution in [3.8, 4) is 5.75 Å². The number of halogens is 1. The zero-order valence-corrected chi connectivity index (χ0v) is 16.7. The summed E-state index contributed by atoms with van der Waals surface area (Å²) >= 11 is 0. The minimum absolute atomic E-state index is 0.0470. The van der Waals surface area contributed by atoms with Crippen molar-refractivity contribution >= 4 is 21.5 Å². The normalized spacial score (nSPS) is 11.4. The molecule has 0 atom stereocenters. The average molecular weight is 367 g/mol. The fourth-order valence-corrected chi connectivity index (χ4v) is 3.73. The summed E-state index contributed by atoms with van der Waals surface area (Å²) in [6.45, 7) is 5.04. The van der Waals surface area contributed by atoms with E-state index in [-0.39, 0.29) is 5.82 Å². The maximum Gasteiger partial charge on any atom is 0.134 e. The third kappa shape index (κ3) is 4.80. The van der Waals surface area contributed by atoms with E-state index in [4.69, 9.17) is 4.74 Å². The Balaban J connectivity index is 1.78. The number of rotatable bonds is 10. The Labute approximate surface area is 162 Å². The van der Waals surface area contributed by atoms with E-state index in [1.807, 2.05) is 30.3 Å². The van der Waals surface area contributed by atoms with Crippen molar-refractivity contribution in [2.24, 2.45) is 0 Å². The molecule has 0 saturated carbocycles. The number of fused-ring (bicyclic) bond motifs is 3. The molecule has 0 fully saturated rings. The van der Waals surface area contributed by atoms with Gasteiger partial charge in [-0.3, -0.25) is 0 Å². The first kappa shape index (κ1) is 19.7. The van der Waals surface area contributed by atoms with Crippen LogP contribution in [0.15, 0.2) is 42.5 Å². The Hall–Kier alpha value is -2.09. The lowest BCUT2D eigenvalue weighted by Gasteiger charge is -2.11. The Kier molecular flexibility index (Phi) is 7.09. The van der Waals surface area contributed by atoms with Gasteiger partial charge in [0.1, 0.15) is 11.6 Å². The monoisotopic (exact) mass is 366 g/mol. The van der Waals surface area contributed by atoms with Crippen molar-refractivity contribution in [2.45, 2.75) is 65.2 Å². The number of hydrogen-bond acceptors (Lipinski definition) is 1. The largest absolute Gasteiger partial charge is 0.494 e. The first-order valence-corrected chi connectivity index (χ1v) is 10.5. The lowest BCUT2D eigenvalue weighted by Crippen LogP contribution is -1.95. The summed E-state index contributed by atoms with van der Waals surface area (Å²) in [5.41, 5.74) is 0.847. The van der Waals surface area contributed by atoms with Crippen LogP contribution in [0.4, 0.5) is 4.39 Å². The molecule has 27 heavy (non-hydrogen) atoms. The highest BCUT2D eigenvalue weighted by atomic mass is 19.1. The molecule has 0 aliphatic rings. The van der Waals surface area contributed by atoms with E-state index in [0.29, 0.717) is 0 Å². The third-order valence-corrected chi connectivity index (χ3v) is 5.28. The highest BCUT2D eigenvalue weighted by molar-refractivity contribution is 6.08. The molecule has 144 valence electrons. The molecule has 0 saturated heterocycles. The van der Waals surface area contributed by atoms with Crippen LogP contribution in [0.2, 0.25) is 0 Å². The predicted molar refractivity (Wildman–Crippen MR) is 114 cm³/mol. The van der Waals surface area contributed by atoms with Gasteiger partial charge in [-0.1, -0.05) is 76.3 Å². The minimum Gasteiger partial charge on any atom is -0.494 e. The second kappa shape index (κ2) is 9.73. The Bertz CT molecular complexity index is 884. The van der Waals surface area contributed by atoms with E-state index in [2.05, 4.69) is 26.0 Å². The van der Waals surface area contributed by atoms with Crippen LogP contribution in [-0.4, -0.2) is 6.61 Å². The maximum atomic E-state index is 15.0. The number of hydrogen-bond donors (Lipinski definition) is 0. The van der Waals surface area contributed by atoms with Crippen LogP contribution >= 0.6 is 0 Å². The van der Waals surface area contributed by atoms with Crippen molar-refractivity contribution in [3.05, 3.63) is 53.8 Å². The fraction of sp³-hybridized carbons (Fsp3) is 0.440. The zero-order valence-electron chi connectivity index (χ0n) is 16.7. The summed E-state index contributed by atoms with van der Waals surface area (Å²) < 4.78 is 20.8. The maximum absolute atomic E-state index is 15.0. The van der Waals surface area contributed by atoms with E-state index < -0.39 is 0 Å². The highest BCUT2D eigenvalue weighted by Gasteiger charge is 2.10. The smallest absolute Gasteiger partial charge is 0.134 e. The summed E-state index contributed by atoms with van der Waals surface area (Å²) in [5.74, 6) is 0.832. The topological polar surface area (TPSA) is 9.23 Å². The molecule has 0 aromatic heterocycles. The van der Waals surface area contributed by atoms with Gasteiger partial charge in [-0.05, 0) is 53.1 Å². The van der Waals surface area contributed by atoms with E-state index in [1.54, 1.807) is 0 Å². The SMILES string of the molecule is CCCCCCCCc1ccc2c(ccc3cc(OCCC)ccc32)c1F. The number of aryl methyl sites for hydroxylation is 1. The fourth-order valence-electron chi connectivity index (χ4n) is 3.73. The molecular formula is C25H31FO. The lowest BCUT2D eigenvalue weighted by molar-refractivity contribution is 0.318. The molecular weight excluding hydrogens is 335 g/mol. The van der Waals surface area contributed by atoms with E-state index in [9.17, 15) is 0 Å². The van der Waals surface area contributed by atoms with Crippen molar-refractivity contribution < 1.29 is 9.13 Å². The van der Waals surface area contributed by atoms with Crippen LogP contribution in [0, 0.1) is 5.82 Å². The van der Waals surface area contributed by atoms with Crippen LogP contribution < -0.4 is 4.74 Å². The molecule has 0 N–H and O–H groups in total. The van der Waals surface area contributed by atoms with Gasteiger partial charge in [0, 0.05) is 5.39 Å². The molecule has 0 radical (unpaired) electrons. The second-order valence-corrected chi connectivity index (χ2v) is 7.45. The number of benzene rings is 3. The Morgan fingerprint density at radius 1 is 0.741 bits per heavy atom. The van der Waals surface area contributed by atoms with Crippen LogP contribution in [-0.2, 0) is 6.42 Å². The summed E-state index contributed by atoms with van der Waals surface area (Å²) in [4.78, 5) is 0. The van der Waals surface area contributed by atoms with Crippen LogP contribution in [0.25, 0.3) is 21.5 Å². The lowest BCUT2D eigenvalue weighted by atomic mass is 9.97. The molecule has 0 spiro atoms. The summed E-state index contributed by atoms with van der Waals surface area (Å²) in [7, 11) is 0. The molecule has 3 aromatic rings. The quantitative estimate of drug-likeness (QED) is 0.262. The van der Waals surface area contributed by atoms with Crippen molar-refractivity contribution in [2.75, 3.05) is 6.61 Å². The molecule has 3 aromatic carbocycles. The van der Waals surface area contributed by atoms with Gasteiger partial charge in [-0.2, -0.15) is 0 Å². The third-order valence-electron chi connectivity index (χ3n) is 5.28. The van der Waals surface area contributed by atoms with Crippen LogP contribution in [0.1, 0.15) is 64.4 Å². The summed E-state index contributed by atoms with van der Waals surface area (Å²) in [6, 6.07) is 14.1. The van der Waals surface area contributed by atoms with Gasteiger partial charge in [-0.25, -0.2) is 4.39 Å². The van der Waals surface area contributed by atoms with Crippen molar-refractivity contribution in [1.29, 1.82) is 0 Å². The van der Waals surface area contributed by atoms with Gasteiger partial charge >= 0.3 is 0 Å². The van der Waals surface area contributed by atoms with Crippen molar-refractivity contribution in [1.82, 2.24) is 0 Å². The summed E-state index contributed by atoms with van der Waals surface area (Å²) in [5, 5.41) is 3.90. The van der Waals surface area contributed by atoms with Crippen LogP contribution in [0.3, 0.4) is 0 Å². The molecule has 3 rings (SSSR count). The van der Waals surface area contributed by atoms with E-state index in [1.165, 1.54) is 32.1 Å². The Morgan fingerprint density at radius 2 is 1.48 bits per heavy atom. The molecule has 0 unspecified atom stereocenters. The first-order chi connectivity index (χ1) is 13.2. The molecule has 1 nitrogen and oxygen atoms in total. The minimum atomic E-state index is -0.0470. The predicted octanol–water partition coefficient (Wildman–Crippen LogP) is 7.82. The molecule has 0 bridgehead atoms. The van der Waals surface area contributed by atoms with Gasteiger partial charge < -0.3 is 4.74 Å². The van der Waals surface area contributed by atoms with Gasteiger partial charge in [0.05, 0.1) is 6.61 Å². The van der Waals surface area contributed by atoms with E-state index >= 15 is 4.39 Å². The van der Waals surface area contributed by atoms with Gasteiger partial charge in [0.15, 0.2) is 0 Å². The first-order valence-electron chi connectivity index (χ1n) is 10.5. The average Bonchev–Trinajstić information content (AvgIpc) is 2.70. The zero-order chi connectivity index (χ0) is 19.1. The molecule has 0 aliphatic carbocycles. The Morgan fingerprint density at radius 3 is 2.30 bits per heavy atom. The van der Waals surface area contributed by atoms with Gasteiger partial charge in [0.25, 0.3) is 0 Å². The van der Waals surface area contributed by atoms with Crippen LogP contribution in [0.5, 0.6) is 5.75 Å². The highest BCUT2D eigenvalue weighted by Crippen LogP contribution is 2.31. The molecule has 0 heterocycles. The van der Waals surface area contributed by atoms with E-state index in [0.717, 1.165) is 58.7 Å². The molecule has 0 amide bonds. The molecule has 2 heteroatoms. The summed E-state index contributed by atoms with van der Waals surface area (Å²) in [6.07, 6.45) is 9.20. The van der Waals surface area contributed by atoms with Gasteiger partial charge in [0.2, 0.25) is 0 Å². The number of unbranched alkanes of at least 4 members (excludes halogenated alkanes) is 5. The number of ether oxygens (including phenoxy) is 1. The second-order valence-electron chi connectivity index (χ2n) is 7.45. The van der Waals surface area contributed by atoms with Crippen molar-refractivity contribution in [3.63, 3.8) is 0 Å². The van der Waals surface area contributed by atoms with Gasteiger partial charge in [-0.15, -0.1) is 0 Å². The standard InChI is InChI=1S/C25H31FO/c1-3-5-6-7-8-9-10-19-11-14-23-22-16-13-21(27-17-4-2)18-20(22)12-15-24(23)25(19)26/h11-16,18H,3-10,17H2,1-2H3. The molecule has 0 aliphatic heterocycles.